The lowest BCUT2D eigenvalue weighted by Crippen LogP contribution is -2.32. The van der Waals surface area contributed by atoms with Crippen molar-refractivity contribution in [3.05, 3.63) is 71.3 Å². The van der Waals surface area contributed by atoms with E-state index in [-0.39, 0.29) is 23.8 Å². The van der Waals surface area contributed by atoms with Gasteiger partial charge in [0.05, 0.1) is 0 Å². The maximum absolute atomic E-state index is 13.0. The first-order chi connectivity index (χ1) is 17.1. The van der Waals surface area contributed by atoms with E-state index in [1.165, 1.54) is 0 Å². The Labute approximate surface area is 207 Å². The van der Waals surface area contributed by atoms with Gasteiger partial charge in [-0.3, -0.25) is 14.9 Å². The number of rotatable bonds is 14. The number of benzene rings is 2. The van der Waals surface area contributed by atoms with Crippen molar-refractivity contribution in [2.45, 2.75) is 70.1 Å². The molecule has 3 rings (SSSR count). The van der Waals surface area contributed by atoms with Gasteiger partial charge in [-0.2, -0.15) is 0 Å². The summed E-state index contributed by atoms with van der Waals surface area (Å²) in [5.74, 6) is -0.572. The Morgan fingerprint density at radius 1 is 0.971 bits per heavy atom. The number of ketones is 1. The van der Waals surface area contributed by atoms with Gasteiger partial charge in [0.25, 0.3) is 5.91 Å². The zero-order chi connectivity index (χ0) is 24.9. The number of carbonyl (C=O) groups is 3. The maximum atomic E-state index is 13.0. The second kappa shape index (κ2) is 14.4. The van der Waals surface area contributed by atoms with Crippen molar-refractivity contribution < 1.29 is 24.2 Å². The minimum Gasteiger partial charge on any atom is -0.461 e. The number of ether oxygens (including phenoxy) is 1. The van der Waals surface area contributed by atoms with Gasteiger partial charge in [-0.25, -0.2) is 4.79 Å². The Balaban J connectivity index is 1.52. The summed E-state index contributed by atoms with van der Waals surface area (Å²) in [4.78, 5) is 36.6. The zero-order valence-electron chi connectivity index (χ0n) is 20.2. The number of Topliss-reactive ketones (excluding diaryl/α,β-unsaturated/α-hetero) is 1. The molecule has 0 spiro atoms. The topological polar surface area (TPSA) is 105 Å². The van der Waals surface area contributed by atoms with E-state index in [0.29, 0.717) is 31.5 Å². The highest BCUT2D eigenvalue weighted by molar-refractivity contribution is 5.94. The fraction of sp³-hybridized carbons (Fsp3) is 0.464. The fourth-order valence-electron chi connectivity index (χ4n) is 4.27. The molecule has 7 heteroatoms. The number of unbranched alkanes of at least 4 members (excludes halogenated alkanes) is 2. The molecule has 1 atom stereocenters. The van der Waals surface area contributed by atoms with Gasteiger partial charge in [0.2, 0.25) is 0 Å². The first-order valence-corrected chi connectivity index (χ1v) is 12.6. The molecule has 0 aromatic heterocycles. The van der Waals surface area contributed by atoms with E-state index in [9.17, 15) is 14.4 Å². The molecule has 0 aliphatic heterocycles. The van der Waals surface area contributed by atoms with Gasteiger partial charge in [-0.15, -0.1) is 0 Å². The van der Waals surface area contributed by atoms with E-state index in [0.717, 1.165) is 49.7 Å². The lowest BCUT2D eigenvalue weighted by Gasteiger charge is -2.21. The van der Waals surface area contributed by atoms with Crippen LogP contribution in [0.1, 0.15) is 78.9 Å². The van der Waals surface area contributed by atoms with Gasteiger partial charge in [0.1, 0.15) is 18.8 Å². The van der Waals surface area contributed by atoms with E-state index >= 15 is 0 Å². The number of hydrogen-bond donors (Lipinski definition) is 3. The molecule has 1 saturated carbocycles. The van der Waals surface area contributed by atoms with Crippen LogP contribution in [0.25, 0.3) is 0 Å². The Morgan fingerprint density at radius 3 is 2.49 bits per heavy atom. The van der Waals surface area contributed by atoms with Gasteiger partial charge in [-0.05, 0) is 61.8 Å². The van der Waals surface area contributed by atoms with Gasteiger partial charge in [-0.1, -0.05) is 48.9 Å². The molecule has 1 fully saturated rings. The lowest BCUT2D eigenvalue weighted by atomic mass is 10.1. The third-order valence-electron chi connectivity index (χ3n) is 6.25. The minimum atomic E-state index is -0.577. The molecule has 188 valence electrons. The van der Waals surface area contributed by atoms with E-state index in [4.69, 9.17) is 9.84 Å². The fourth-order valence-corrected chi connectivity index (χ4v) is 4.27. The number of hydrogen-bond acceptors (Lipinski definition) is 6. The number of amides is 1. The van der Waals surface area contributed by atoms with Crippen LogP contribution >= 0.6 is 0 Å². The molecule has 1 aliphatic carbocycles. The van der Waals surface area contributed by atoms with Crippen molar-refractivity contribution in [1.29, 1.82) is 0 Å². The van der Waals surface area contributed by atoms with Crippen molar-refractivity contribution in [3.8, 4) is 0 Å². The van der Waals surface area contributed by atoms with Gasteiger partial charge < -0.3 is 15.2 Å². The average Bonchev–Trinajstić information content (AvgIpc) is 3.39. The van der Waals surface area contributed by atoms with Crippen LogP contribution in [0.5, 0.6) is 0 Å². The molecule has 0 unspecified atom stereocenters. The number of aliphatic hydroxyl groups is 1. The summed E-state index contributed by atoms with van der Waals surface area (Å²) in [5.41, 5.74) is 2.31. The van der Waals surface area contributed by atoms with Gasteiger partial charge in [0.15, 0.2) is 5.78 Å². The van der Waals surface area contributed by atoms with E-state index in [2.05, 4.69) is 10.6 Å². The SMILES string of the molecule is O=C(CO)CCCCCNC(=O)c1cccc(CN[C@H](C(=O)OC2CCCC2)c2ccccc2)c1. The smallest absolute Gasteiger partial charge is 0.328 e. The van der Waals surface area contributed by atoms with Crippen LogP contribution in [0.2, 0.25) is 0 Å². The van der Waals surface area contributed by atoms with Crippen LogP contribution in [0.4, 0.5) is 0 Å². The predicted molar refractivity (Wildman–Crippen MR) is 134 cm³/mol. The summed E-state index contributed by atoms with van der Waals surface area (Å²) in [5, 5.41) is 15.0. The van der Waals surface area contributed by atoms with Crippen LogP contribution in [0.3, 0.4) is 0 Å². The zero-order valence-corrected chi connectivity index (χ0v) is 20.2. The van der Waals surface area contributed by atoms with Crippen molar-refractivity contribution >= 4 is 17.7 Å². The van der Waals surface area contributed by atoms with Crippen LogP contribution < -0.4 is 10.6 Å². The molecule has 0 bridgehead atoms. The molecule has 2 aromatic rings. The predicted octanol–water partition coefficient (Wildman–Crippen LogP) is 3.85. The van der Waals surface area contributed by atoms with Crippen molar-refractivity contribution in [1.82, 2.24) is 10.6 Å². The average molecular weight is 481 g/mol. The maximum Gasteiger partial charge on any atom is 0.328 e. The summed E-state index contributed by atoms with van der Waals surface area (Å²) in [7, 11) is 0. The first kappa shape index (κ1) is 26.6. The van der Waals surface area contributed by atoms with Crippen LogP contribution in [0.15, 0.2) is 54.6 Å². The Bertz CT molecular complexity index is 957. The molecule has 7 nitrogen and oxygen atoms in total. The molecule has 2 aromatic carbocycles. The van der Waals surface area contributed by atoms with Crippen LogP contribution in [-0.4, -0.2) is 42.0 Å². The number of nitrogens with one attached hydrogen (secondary N) is 2. The monoisotopic (exact) mass is 480 g/mol. The standard InChI is InChI=1S/C28H36N2O5/c31-20-24(32)14-5-2-8-17-29-27(33)23-13-9-10-21(18-23)19-30-26(22-11-3-1-4-12-22)28(34)35-25-15-6-7-16-25/h1,3-4,9-13,18,25-26,30-31H,2,5-8,14-17,19-20H2,(H,29,33)/t26-/m0/s1. The largest absolute Gasteiger partial charge is 0.461 e. The number of carbonyl (C=O) groups excluding carboxylic acids is 3. The van der Waals surface area contributed by atoms with E-state index < -0.39 is 12.6 Å². The first-order valence-electron chi connectivity index (χ1n) is 12.6. The normalized spacial score (nSPS) is 14.4. The van der Waals surface area contributed by atoms with Crippen molar-refractivity contribution in [2.24, 2.45) is 0 Å². The summed E-state index contributed by atoms with van der Waals surface area (Å²) >= 11 is 0. The third kappa shape index (κ3) is 8.92. The van der Waals surface area contributed by atoms with Gasteiger partial charge >= 0.3 is 5.97 Å². The van der Waals surface area contributed by atoms with Crippen molar-refractivity contribution in [2.75, 3.05) is 13.2 Å². The highest BCUT2D eigenvalue weighted by atomic mass is 16.5. The summed E-state index contributed by atoms with van der Waals surface area (Å²) < 4.78 is 5.77. The molecule has 0 saturated heterocycles. The second-order valence-electron chi connectivity index (χ2n) is 9.03. The van der Waals surface area contributed by atoms with Crippen LogP contribution in [0, 0.1) is 0 Å². The Kier molecular flexibility index (Phi) is 10.9. The molecule has 0 heterocycles. The second-order valence-corrected chi connectivity index (χ2v) is 9.03. The summed E-state index contributed by atoms with van der Waals surface area (Å²) in [6.07, 6.45) is 6.70. The summed E-state index contributed by atoms with van der Waals surface area (Å²) in [6, 6.07) is 16.3. The Hall–Kier alpha value is -3.03. The summed E-state index contributed by atoms with van der Waals surface area (Å²) in [6.45, 7) is 0.535. The van der Waals surface area contributed by atoms with E-state index in [1.807, 2.05) is 48.5 Å². The van der Waals surface area contributed by atoms with Crippen molar-refractivity contribution in [3.63, 3.8) is 0 Å². The van der Waals surface area contributed by atoms with Gasteiger partial charge in [0, 0.05) is 25.1 Å². The number of esters is 1. The number of aliphatic hydroxyl groups excluding tert-OH is 1. The molecule has 0 radical (unpaired) electrons. The van der Waals surface area contributed by atoms with Crippen LogP contribution in [-0.2, 0) is 20.9 Å². The quantitative estimate of drug-likeness (QED) is 0.280. The molecular formula is C28H36N2O5. The third-order valence-corrected chi connectivity index (χ3v) is 6.25. The highest BCUT2D eigenvalue weighted by Crippen LogP contribution is 2.24. The minimum absolute atomic E-state index is 0.00213. The molecule has 1 amide bonds. The highest BCUT2D eigenvalue weighted by Gasteiger charge is 2.26. The molecule has 35 heavy (non-hydrogen) atoms. The van der Waals surface area contributed by atoms with E-state index in [1.54, 1.807) is 6.07 Å². The lowest BCUT2D eigenvalue weighted by molar-refractivity contribution is -0.151. The molecule has 3 N–H and O–H groups in total. The Morgan fingerprint density at radius 2 is 1.74 bits per heavy atom. The molecule has 1 aliphatic rings. The molecular weight excluding hydrogens is 444 g/mol.